The highest BCUT2D eigenvalue weighted by atomic mass is 35.5. The fourth-order valence-corrected chi connectivity index (χ4v) is 1.95. The summed E-state index contributed by atoms with van der Waals surface area (Å²) < 4.78 is 4.81. The third-order valence-corrected chi connectivity index (χ3v) is 2.77. The summed E-state index contributed by atoms with van der Waals surface area (Å²) in [5, 5.41) is 0.476. The normalized spacial score (nSPS) is 10.0. The van der Waals surface area contributed by atoms with Gasteiger partial charge in [-0.2, -0.15) is 0 Å². The van der Waals surface area contributed by atoms with Gasteiger partial charge in [0.2, 0.25) is 0 Å². The molecule has 0 N–H and O–H groups in total. The number of carbonyl (C=O) groups excluding carboxylic acids is 1. The summed E-state index contributed by atoms with van der Waals surface area (Å²) in [5.41, 5.74) is 1.06. The molecule has 0 saturated carbocycles. The highest BCUT2D eigenvalue weighted by molar-refractivity contribution is 7.99. The molecule has 0 amide bonds. The summed E-state index contributed by atoms with van der Waals surface area (Å²) in [5.74, 6) is 0.928. The van der Waals surface area contributed by atoms with Crippen LogP contribution in [0.3, 0.4) is 0 Å². The summed E-state index contributed by atoms with van der Waals surface area (Å²) in [7, 11) is 0. The van der Waals surface area contributed by atoms with E-state index in [9.17, 15) is 4.79 Å². The molecule has 1 aromatic rings. The van der Waals surface area contributed by atoms with E-state index in [1.807, 2.05) is 6.07 Å². The first kappa shape index (κ1) is 12.3. The first-order valence-electron chi connectivity index (χ1n) is 4.56. The van der Waals surface area contributed by atoms with Crippen LogP contribution in [0.15, 0.2) is 18.3 Å². The standard InChI is InChI=1S/C10H12ClNO2S/c1-2-14-10(13)7-15-6-8-3-4-12-9(11)5-8/h3-5H,2,6-7H2,1H3. The SMILES string of the molecule is CCOC(=O)CSCc1ccnc(Cl)c1. The van der Waals surface area contributed by atoms with Gasteiger partial charge in [-0.1, -0.05) is 11.6 Å². The summed E-state index contributed by atoms with van der Waals surface area (Å²) in [6, 6.07) is 3.67. The Labute approximate surface area is 98.2 Å². The smallest absolute Gasteiger partial charge is 0.315 e. The van der Waals surface area contributed by atoms with E-state index in [4.69, 9.17) is 16.3 Å². The average molecular weight is 246 g/mol. The molecule has 82 valence electrons. The van der Waals surface area contributed by atoms with E-state index >= 15 is 0 Å². The molecule has 0 aliphatic heterocycles. The number of rotatable bonds is 5. The van der Waals surface area contributed by atoms with Crippen LogP contribution in [0.4, 0.5) is 0 Å². The number of pyridine rings is 1. The molecule has 3 nitrogen and oxygen atoms in total. The summed E-state index contributed by atoms with van der Waals surface area (Å²) >= 11 is 7.23. The third-order valence-electron chi connectivity index (χ3n) is 1.58. The van der Waals surface area contributed by atoms with Crippen molar-refractivity contribution in [2.45, 2.75) is 12.7 Å². The van der Waals surface area contributed by atoms with Gasteiger partial charge >= 0.3 is 5.97 Å². The van der Waals surface area contributed by atoms with E-state index in [-0.39, 0.29) is 5.97 Å². The van der Waals surface area contributed by atoms with Crippen molar-refractivity contribution in [2.75, 3.05) is 12.4 Å². The van der Waals surface area contributed by atoms with Crippen molar-refractivity contribution < 1.29 is 9.53 Å². The Morgan fingerprint density at radius 3 is 3.13 bits per heavy atom. The zero-order valence-electron chi connectivity index (χ0n) is 8.40. The molecule has 1 rings (SSSR count). The molecule has 15 heavy (non-hydrogen) atoms. The summed E-state index contributed by atoms with van der Waals surface area (Å²) in [6.45, 7) is 2.23. The highest BCUT2D eigenvalue weighted by Crippen LogP contribution is 2.14. The second-order valence-corrected chi connectivity index (χ2v) is 4.16. The number of esters is 1. The van der Waals surface area contributed by atoms with Crippen molar-refractivity contribution in [1.29, 1.82) is 0 Å². The maximum atomic E-state index is 11.0. The molecule has 0 aromatic carbocycles. The van der Waals surface area contributed by atoms with Gasteiger partial charge in [-0.05, 0) is 24.6 Å². The Hall–Kier alpha value is -0.740. The molecule has 1 aromatic heterocycles. The minimum Gasteiger partial charge on any atom is -0.465 e. The molecular weight excluding hydrogens is 234 g/mol. The minimum atomic E-state index is -0.178. The monoisotopic (exact) mass is 245 g/mol. The van der Waals surface area contributed by atoms with Crippen molar-refractivity contribution in [3.05, 3.63) is 29.0 Å². The molecule has 0 aliphatic rings. The number of nitrogens with zero attached hydrogens (tertiary/aromatic N) is 1. The fraction of sp³-hybridized carbons (Fsp3) is 0.400. The molecule has 0 spiro atoms. The molecule has 0 saturated heterocycles. The Balaban J connectivity index is 2.28. The number of hydrogen-bond acceptors (Lipinski definition) is 4. The van der Waals surface area contributed by atoms with E-state index in [2.05, 4.69) is 4.98 Å². The van der Waals surface area contributed by atoms with Crippen molar-refractivity contribution in [3.8, 4) is 0 Å². The Kier molecular flexibility index (Phi) is 5.50. The van der Waals surface area contributed by atoms with Gasteiger partial charge in [0.15, 0.2) is 0 Å². The number of aromatic nitrogens is 1. The molecule has 0 bridgehead atoms. The lowest BCUT2D eigenvalue weighted by Crippen LogP contribution is -2.06. The van der Waals surface area contributed by atoms with Gasteiger partial charge in [-0.3, -0.25) is 4.79 Å². The predicted octanol–water partition coefficient (Wildman–Crippen LogP) is 2.53. The van der Waals surface area contributed by atoms with Crippen LogP contribution in [0, 0.1) is 0 Å². The molecule has 0 atom stereocenters. The Morgan fingerprint density at radius 1 is 1.67 bits per heavy atom. The van der Waals surface area contributed by atoms with Crippen LogP contribution < -0.4 is 0 Å². The third kappa shape index (κ3) is 5.04. The number of ether oxygens (including phenoxy) is 1. The van der Waals surface area contributed by atoms with Gasteiger partial charge in [0.1, 0.15) is 5.15 Å². The first-order chi connectivity index (χ1) is 7.22. The summed E-state index contributed by atoms with van der Waals surface area (Å²) in [4.78, 5) is 14.9. The van der Waals surface area contributed by atoms with Crippen LogP contribution in [-0.2, 0) is 15.3 Å². The predicted molar refractivity (Wildman–Crippen MR) is 62.0 cm³/mol. The van der Waals surface area contributed by atoms with Crippen molar-refractivity contribution >= 4 is 29.3 Å². The van der Waals surface area contributed by atoms with Crippen LogP contribution in [0.25, 0.3) is 0 Å². The highest BCUT2D eigenvalue weighted by Gasteiger charge is 2.02. The second kappa shape index (κ2) is 6.69. The molecule has 1 heterocycles. The van der Waals surface area contributed by atoms with E-state index in [0.717, 1.165) is 11.3 Å². The maximum absolute atomic E-state index is 11.0. The van der Waals surface area contributed by atoms with E-state index < -0.39 is 0 Å². The van der Waals surface area contributed by atoms with Gasteiger partial charge in [0.25, 0.3) is 0 Å². The van der Waals surface area contributed by atoms with Gasteiger partial charge in [-0.15, -0.1) is 11.8 Å². The molecule has 0 radical (unpaired) electrons. The molecule has 0 unspecified atom stereocenters. The molecular formula is C10H12ClNO2S. The number of hydrogen-bond donors (Lipinski definition) is 0. The van der Waals surface area contributed by atoms with Crippen LogP contribution >= 0.6 is 23.4 Å². The van der Waals surface area contributed by atoms with Gasteiger partial charge in [0.05, 0.1) is 12.4 Å². The lowest BCUT2D eigenvalue weighted by atomic mass is 10.3. The van der Waals surface area contributed by atoms with Crippen LogP contribution in [0.5, 0.6) is 0 Å². The van der Waals surface area contributed by atoms with E-state index in [1.54, 1.807) is 19.2 Å². The number of thioether (sulfide) groups is 1. The molecule has 0 aliphatic carbocycles. The minimum absolute atomic E-state index is 0.178. The maximum Gasteiger partial charge on any atom is 0.315 e. The Morgan fingerprint density at radius 2 is 2.47 bits per heavy atom. The van der Waals surface area contributed by atoms with Crippen molar-refractivity contribution in [3.63, 3.8) is 0 Å². The van der Waals surface area contributed by atoms with E-state index in [0.29, 0.717) is 17.5 Å². The van der Waals surface area contributed by atoms with Crippen molar-refractivity contribution in [2.24, 2.45) is 0 Å². The van der Waals surface area contributed by atoms with Gasteiger partial charge < -0.3 is 4.74 Å². The van der Waals surface area contributed by atoms with E-state index in [1.165, 1.54) is 11.8 Å². The zero-order valence-corrected chi connectivity index (χ0v) is 9.98. The largest absolute Gasteiger partial charge is 0.465 e. The fourth-order valence-electron chi connectivity index (χ4n) is 0.987. The average Bonchev–Trinajstić information content (AvgIpc) is 2.18. The topological polar surface area (TPSA) is 39.2 Å². The first-order valence-corrected chi connectivity index (χ1v) is 6.09. The van der Waals surface area contributed by atoms with Gasteiger partial charge in [-0.25, -0.2) is 4.98 Å². The van der Waals surface area contributed by atoms with Crippen LogP contribution in [0.2, 0.25) is 5.15 Å². The quantitative estimate of drug-likeness (QED) is 0.590. The number of halogens is 1. The summed E-state index contributed by atoms with van der Waals surface area (Å²) in [6.07, 6.45) is 1.66. The second-order valence-electron chi connectivity index (χ2n) is 2.78. The Bertz CT molecular complexity index is 333. The van der Waals surface area contributed by atoms with Crippen LogP contribution in [-0.4, -0.2) is 23.3 Å². The van der Waals surface area contributed by atoms with Crippen molar-refractivity contribution in [1.82, 2.24) is 4.98 Å². The van der Waals surface area contributed by atoms with Crippen LogP contribution in [0.1, 0.15) is 12.5 Å². The lowest BCUT2D eigenvalue weighted by Gasteiger charge is -2.02. The van der Waals surface area contributed by atoms with Gasteiger partial charge in [0, 0.05) is 11.9 Å². The lowest BCUT2D eigenvalue weighted by molar-refractivity contribution is -0.139. The molecule has 0 fully saturated rings. The molecule has 5 heteroatoms. The zero-order chi connectivity index (χ0) is 11.1. The number of carbonyl (C=O) groups is 1.